The molecule has 0 aliphatic heterocycles. The average molecular weight is 241 g/mol. The SMILES string of the molecule is COCCCOCCOCC(Cl)C(=O)O. The Morgan fingerprint density at radius 3 is 2.53 bits per heavy atom. The van der Waals surface area contributed by atoms with Crippen LogP contribution < -0.4 is 0 Å². The molecule has 0 spiro atoms. The molecule has 0 aliphatic carbocycles. The maximum atomic E-state index is 10.3. The van der Waals surface area contributed by atoms with Crippen LogP contribution >= 0.6 is 11.6 Å². The summed E-state index contributed by atoms with van der Waals surface area (Å²) in [6.07, 6.45) is 0.837. The first-order valence-corrected chi connectivity index (χ1v) is 5.13. The second-order valence-electron chi connectivity index (χ2n) is 2.84. The lowest BCUT2D eigenvalue weighted by atomic mass is 10.4. The fourth-order valence-electron chi connectivity index (χ4n) is 0.783. The molecule has 0 aromatic carbocycles. The van der Waals surface area contributed by atoms with Gasteiger partial charge in [0.15, 0.2) is 5.38 Å². The van der Waals surface area contributed by atoms with Crippen LogP contribution in [0.2, 0.25) is 0 Å². The zero-order chi connectivity index (χ0) is 11.5. The summed E-state index contributed by atoms with van der Waals surface area (Å²) in [4.78, 5) is 10.3. The standard InChI is InChI=1S/C9H17ClO5/c1-13-3-2-4-14-5-6-15-7-8(10)9(11)12/h8H,2-7H2,1H3,(H,11,12). The molecule has 0 rings (SSSR count). The third-order valence-electron chi connectivity index (χ3n) is 1.54. The van der Waals surface area contributed by atoms with Crippen molar-refractivity contribution in [2.24, 2.45) is 0 Å². The van der Waals surface area contributed by atoms with Crippen LogP contribution in [0.15, 0.2) is 0 Å². The van der Waals surface area contributed by atoms with E-state index in [2.05, 4.69) is 0 Å². The summed E-state index contributed by atoms with van der Waals surface area (Å²) in [7, 11) is 1.63. The van der Waals surface area contributed by atoms with E-state index < -0.39 is 11.3 Å². The molecular formula is C9H17ClO5. The number of methoxy groups -OCH3 is 1. The van der Waals surface area contributed by atoms with Gasteiger partial charge >= 0.3 is 5.97 Å². The smallest absolute Gasteiger partial charge is 0.324 e. The highest BCUT2D eigenvalue weighted by molar-refractivity contribution is 6.29. The van der Waals surface area contributed by atoms with Crippen LogP contribution in [0, 0.1) is 0 Å². The van der Waals surface area contributed by atoms with E-state index in [1.54, 1.807) is 7.11 Å². The fourth-order valence-corrected chi connectivity index (χ4v) is 0.872. The van der Waals surface area contributed by atoms with Gasteiger partial charge in [-0.1, -0.05) is 0 Å². The third kappa shape index (κ3) is 9.93. The van der Waals surface area contributed by atoms with Crippen molar-refractivity contribution in [2.45, 2.75) is 11.8 Å². The molecule has 0 fully saturated rings. The number of halogens is 1. The minimum absolute atomic E-state index is 0.00167. The van der Waals surface area contributed by atoms with Crippen molar-refractivity contribution in [1.82, 2.24) is 0 Å². The average Bonchev–Trinajstić information content (AvgIpc) is 2.21. The Bertz CT molecular complexity index is 165. The summed E-state index contributed by atoms with van der Waals surface area (Å²) in [6, 6.07) is 0. The molecule has 0 radical (unpaired) electrons. The maximum absolute atomic E-state index is 10.3. The quantitative estimate of drug-likeness (QED) is 0.451. The number of rotatable bonds is 10. The van der Waals surface area contributed by atoms with E-state index in [-0.39, 0.29) is 6.61 Å². The first kappa shape index (κ1) is 14.6. The Morgan fingerprint density at radius 1 is 1.27 bits per heavy atom. The molecule has 0 amide bonds. The lowest BCUT2D eigenvalue weighted by Gasteiger charge is -2.06. The molecule has 90 valence electrons. The Labute approximate surface area is 94.3 Å². The van der Waals surface area contributed by atoms with E-state index in [1.165, 1.54) is 0 Å². The highest BCUT2D eigenvalue weighted by atomic mass is 35.5. The number of carbonyl (C=O) groups is 1. The highest BCUT2D eigenvalue weighted by Gasteiger charge is 2.12. The Balaban J connectivity index is 3.08. The molecule has 0 aromatic rings. The number of ether oxygens (including phenoxy) is 3. The lowest BCUT2D eigenvalue weighted by molar-refractivity contribution is -0.137. The van der Waals surface area contributed by atoms with Crippen LogP contribution in [-0.2, 0) is 19.0 Å². The van der Waals surface area contributed by atoms with Crippen molar-refractivity contribution >= 4 is 17.6 Å². The van der Waals surface area contributed by atoms with Gasteiger partial charge in [-0.2, -0.15) is 0 Å². The maximum Gasteiger partial charge on any atom is 0.324 e. The first-order chi connectivity index (χ1) is 7.18. The van der Waals surface area contributed by atoms with Gasteiger partial charge in [-0.05, 0) is 6.42 Å². The summed E-state index contributed by atoms with van der Waals surface area (Å²) in [5.41, 5.74) is 0. The van der Waals surface area contributed by atoms with Gasteiger partial charge in [-0.25, -0.2) is 0 Å². The number of aliphatic carboxylic acids is 1. The molecular weight excluding hydrogens is 224 g/mol. The van der Waals surface area contributed by atoms with E-state index in [1.807, 2.05) is 0 Å². The predicted molar refractivity (Wildman–Crippen MR) is 55.4 cm³/mol. The molecule has 0 saturated carbocycles. The van der Waals surface area contributed by atoms with Gasteiger partial charge in [0.1, 0.15) is 0 Å². The van der Waals surface area contributed by atoms with Gasteiger partial charge < -0.3 is 19.3 Å². The zero-order valence-electron chi connectivity index (χ0n) is 8.78. The third-order valence-corrected chi connectivity index (χ3v) is 1.85. The molecule has 15 heavy (non-hydrogen) atoms. The molecule has 1 atom stereocenters. The number of hydrogen-bond donors (Lipinski definition) is 1. The van der Waals surface area contributed by atoms with E-state index in [0.717, 1.165) is 6.42 Å². The van der Waals surface area contributed by atoms with E-state index in [0.29, 0.717) is 26.4 Å². The Morgan fingerprint density at radius 2 is 1.93 bits per heavy atom. The molecule has 0 aromatic heterocycles. The normalized spacial score (nSPS) is 12.7. The topological polar surface area (TPSA) is 65.0 Å². The second-order valence-corrected chi connectivity index (χ2v) is 3.37. The van der Waals surface area contributed by atoms with Crippen LogP contribution in [0.1, 0.15) is 6.42 Å². The number of carboxylic acids is 1. The molecule has 0 saturated heterocycles. The molecule has 0 aliphatic rings. The molecule has 5 nitrogen and oxygen atoms in total. The highest BCUT2D eigenvalue weighted by Crippen LogP contribution is 1.96. The van der Waals surface area contributed by atoms with Gasteiger partial charge in [-0.3, -0.25) is 4.79 Å². The predicted octanol–water partition coefficient (Wildman–Crippen LogP) is 0.748. The van der Waals surface area contributed by atoms with Gasteiger partial charge in [0.05, 0.1) is 19.8 Å². The van der Waals surface area contributed by atoms with Gasteiger partial charge in [0.25, 0.3) is 0 Å². The largest absolute Gasteiger partial charge is 0.480 e. The van der Waals surface area contributed by atoms with Gasteiger partial charge in [0.2, 0.25) is 0 Å². The van der Waals surface area contributed by atoms with Crippen LogP contribution in [0.25, 0.3) is 0 Å². The van der Waals surface area contributed by atoms with Gasteiger partial charge in [0, 0.05) is 20.3 Å². The van der Waals surface area contributed by atoms with Crippen LogP contribution in [0.3, 0.4) is 0 Å². The zero-order valence-corrected chi connectivity index (χ0v) is 9.53. The van der Waals surface area contributed by atoms with Crippen molar-refractivity contribution < 1.29 is 24.1 Å². The fraction of sp³-hybridized carbons (Fsp3) is 0.889. The van der Waals surface area contributed by atoms with E-state index in [9.17, 15) is 4.79 Å². The van der Waals surface area contributed by atoms with E-state index in [4.69, 9.17) is 30.9 Å². The summed E-state index contributed by atoms with van der Waals surface area (Å²) in [5.74, 6) is -1.07. The minimum atomic E-state index is -1.07. The molecule has 0 bridgehead atoms. The van der Waals surface area contributed by atoms with E-state index >= 15 is 0 Å². The minimum Gasteiger partial charge on any atom is -0.480 e. The van der Waals surface area contributed by atoms with Crippen molar-refractivity contribution in [3.05, 3.63) is 0 Å². The van der Waals surface area contributed by atoms with Crippen LogP contribution in [0.5, 0.6) is 0 Å². The molecule has 6 heteroatoms. The summed E-state index contributed by atoms with van der Waals surface area (Å²) in [6.45, 7) is 2.07. The summed E-state index contributed by atoms with van der Waals surface area (Å²) >= 11 is 5.42. The van der Waals surface area contributed by atoms with Crippen molar-refractivity contribution in [1.29, 1.82) is 0 Å². The van der Waals surface area contributed by atoms with Crippen molar-refractivity contribution in [2.75, 3.05) is 40.1 Å². The van der Waals surface area contributed by atoms with Crippen LogP contribution in [-0.4, -0.2) is 56.6 Å². The first-order valence-electron chi connectivity index (χ1n) is 4.69. The molecule has 1 unspecified atom stereocenters. The number of hydrogen-bond acceptors (Lipinski definition) is 4. The molecule has 1 N–H and O–H groups in total. The van der Waals surface area contributed by atoms with Crippen molar-refractivity contribution in [3.63, 3.8) is 0 Å². The molecule has 0 heterocycles. The lowest BCUT2D eigenvalue weighted by Crippen LogP contribution is -2.21. The summed E-state index contributed by atoms with van der Waals surface area (Å²) in [5, 5.41) is 7.44. The van der Waals surface area contributed by atoms with Crippen LogP contribution in [0.4, 0.5) is 0 Å². The summed E-state index contributed by atoms with van der Waals surface area (Å²) < 4.78 is 15.0. The van der Waals surface area contributed by atoms with Gasteiger partial charge in [-0.15, -0.1) is 11.6 Å². The number of carboxylic acid groups (broad SMARTS) is 1. The monoisotopic (exact) mass is 240 g/mol. The van der Waals surface area contributed by atoms with Crippen molar-refractivity contribution in [3.8, 4) is 0 Å². The second kappa shape index (κ2) is 10.2. The Hall–Kier alpha value is -0.360. The number of alkyl halides is 1. The Kier molecular flexibility index (Phi) is 9.92.